The zero-order valence-electron chi connectivity index (χ0n) is 9.00. The number of nitrogens with one attached hydrogen (secondary N) is 1. The summed E-state index contributed by atoms with van der Waals surface area (Å²) in [5.41, 5.74) is 0. The van der Waals surface area contributed by atoms with Crippen molar-refractivity contribution in [3.05, 3.63) is 12.2 Å². The van der Waals surface area contributed by atoms with E-state index in [2.05, 4.69) is 5.32 Å². The maximum Gasteiger partial charge on any atom is 0.0700 e. The summed E-state index contributed by atoms with van der Waals surface area (Å²) in [6, 6.07) is 0. The largest absolute Gasteiger partial charge is 0.377 e. The molecule has 1 N–H and O–H groups in total. The monoisotopic (exact) mass is 199 g/mol. The third-order valence-corrected chi connectivity index (χ3v) is 2.27. The molecule has 0 saturated carbocycles. The van der Waals surface area contributed by atoms with Crippen molar-refractivity contribution in [3.8, 4) is 0 Å². The molecular weight excluding hydrogens is 178 g/mol. The quantitative estimate of drug-likeness (QED) is 0.496. The molecule has 0 aliphatic carbocycles. The standard InChI is InChI=1S/C11H21NO2/c1-2-3-7-13-9-6-12-10-11-5-4-8-14-11/h2-3,11-12H,4-10H2,1H3. The Morgan fingerprint density at radius 3 is 3.21 bits per heavy atom. The molecule has 1 unspecified atom stereocenters. The maximum atomic E-state index is 5.48. The van der Waals surface area contributed by atoms with Gasteiger partial charge in [0.05, 0.1) is 19.3 Å². The van der Waals surface area contributed by atoms with Crippen molar-refractivity contribution in [1.82, 2.24) is 5.32 Å². The van der Waals surface area contributed by atoms with E-state index in [1.165, 1.54) is 12.8 Å². The number of hydrogen-bond acceptors (Lipinski definition) is 3. The molecule has 0 aromatic carbocycles. The molecule has 1 aliphatic heterocycles. The van der Waals surface area contributed by atoms with Gasteiger partial charge in [0.15, 0.2) is 0 Å². The molecule has 3 heteroatoms. The van der Waals surface area contributed by atoms with E-state index in [1.807, 2.05) is 19.1 Å². The van der Waals surface area contributed by atoms with E-state index in [0.717, 1.165) is 32.9 Å². The minimum Gasteiger partial charge on any atom is -0.377 e. The summed E-state index contributed by atoms with van der Waals surface area (Å²) in [4.78, 5) is 0. The maximum absolute atomic E-state index is 5.48. The van der Waals surface area contributed by atoms with Crippen molar-refractivity contribution in [2.45, 2.75) is 25.9 Å². The molecule has 1 atom stereocenters. The molecule has 1 aliphatic rings. The summed E-state index contributed by atoms with van der Waals surface area (Å²) in [5, 5.41) is 3.33. The van der Waals surface area contributed by atoms with Gasteiger partial charge in [0.25, 0.3) is 0 Å². The fraction of sp³-hybridized carbons (Fsp3) is 0.818. The molecule has 3 nitrogen and oxygen atoms in total. The predicted octanol–water partition coefficient (Wildman–Crippen LogP) is 1.35. The SMILES string of the molecule is CC=CCOCCNCC1CCCO1. The summed E-state index contributed by atoms with van der Waals surface area (Å²) < 4.78 is 10.8. The summed E-state index contributed by atoms with van der Waals surface area (Å²) in [6.45, 7) is 6.31. The van der Waals surface area contributed by atoms with Crippen LogP contribution in [0.5, 0.6) is 0 Å². The highest BCUT2D eigenvalue weighted by Gasteiger charge is 2.13. The van der Waals surface area contributed by atoms with Crippen molar-refractivity contribution >= 4 is 0 Å². The molecule has 1 rings (SSSR count). The van der Waals surface area contributed by atoms with Gasteiger partial charge < -0.3 is 14.8 Å². The van der Waals surface area contributed by atoms with Gasteiger partial charge >= 0.3 is 0 Å². The predicted molar refractivity (Wildman–Crippen MR) is 57.5 cm³/mol. The molecule has 1 heterocycles. The first kappa shape index (κ1) is 11.7. The highest BCUT2D eigenvalue weighted by Crippen LogP contribution is 2.10. The van der Waals surface area contributed by atoms with E-state index in [0.29, 0.717) is 6.10 Å². The van der Waals surface area contributed by atoms with Crippen LogP contribution in [0.1, 0.15) is 19.8 Å². The first-order valence-electron chi connectivity index (χ1n) is 5.44. The zero-order valence-corrected chi connectivity index (χ0v) is 9.00. The summed E-state index contributed by atoms with van der Waals surface area (Å²) in [6.07, 6.45) is 6.86. The Hall–Kier alpha value is -0.380. The molecule has 0 aromatic heterocycles. The normalized spacial score (nSPS) is 22.2. The van der Waals surface area contributed by atoms with E-state index < -0.39 is 0 Å². The smallest absolute Gasteiger partial charge is 0.0700 e. The van der Waals surface area contributed by atoms with Gasteiger partial charge in [-0.3, -0.25) is 0 Å². The van der Waals surface area contributed by atoms with Gasteiger partial charge in [0.2, 0.25) is 0 Å². The Kier molecular flexibility index (Phi) is 6.66. The molecule has 1 fully saturated rings. The van der Waals surface area contributed by atoms with Crippen molar-refractivity contribution in [3.63, 3.8) is 0 Å². The summed E-state index contributed by atoms with van der Waals surface area (Å²) in [7, 11) is 0. The Morgan fingerprint density at radius 1 is 1.57 bits per heavy atom. The van der Waals surface area contributed by atoms with E-state index in [4.69, 9.17) is 9.47 Å². The average Bonchev–Trinajstić information content (AvgIpc) is 2.69. The Labute approximate surface area is 86.5 Å². The Balaban J connectivity index is 1.79. The minimum absolute atomic E-state index is 0.436. The Morgan fingerprint density at radius 2 is 2.50 bits per heavy atom. The molecule has 0 amide bonds. The number of rotatable bonds is 7. The molecule has 0 radical (unpaired) electrons. The molecule has 0 spiro atoms. The Bertz CT molecular complexity index is 153. The molecule has 0 bridgehead atoms. The van der Waals surface area contributed by atoms with Crippen LogP contribution < -0.4 is 5.32 Å². The fourth-order valence-corrected chi connectivity index (χ4v) is 1.46. The van der Waals surface area contributed by atoms with Crippen LogP contribution in [-0.4, -0.2) is 39.0 Å². The fourth-order valence-electron chi connectivity index (χ4n) is 1.46. The van der Waals surface area contributed by atoms with E-state index in [-0.39, 0.29) is 0 Å². The van der Waals surface area contributed by atoms with Gasteiger partial charge in [-0.05, 0) is 19.8 Å². The molecule has 14 heavy (non-hydrogen) atoms. The lowest BCUT2D eigenvalue weighted by atomic mass is 10.2. The first-order valence-corrected chi connectivity index (χ1v) is 5.44. The van der Waals surface area contributed by atoms with Crippen LogP contribution in [0.25, 0.3) is 0 Å². The highest BCUT2D eigenvalue weighted by atomic mass is 16.5. The third-order valence-electron chi connectivity index (χ3n) is 2.27. The zero-order chi connectivity index (χ0) is 10.1. The molecule has 1 saturated heterocycles. The lowest BCUT2D eigenvalue weighted by Gasteiger charge is -2.10. The van der Waals surface area contributed by atoms with Gasteiger partial charge in [-0.15, -0.1) is 0 Å². The van der Waals surface area contributed by atoms with Crippen LogP contribution in [-0.2, 0) is 9.47 Å². The van der Waals surface area contributed by atoms with E-state index >= 15 is 0 Å². The van der Waals surface area contributed by atoms with Crippen molar-refractivity contribution < 1.29 is 9.47 Å². The first-order chi connectivity index (χ1) is 6.93. The second-order valence-corrected chi connectivity index (χ2v) is 3.48. The van der Waals surface area contributed by atoms with Crippen LogP contribution in [0.2, 0.25) is 0 Å². The summed E-state index contributed by atoms with van der Waals surface area (Å²) in [5.74, 6) is 0. The second kappa shape index (κ2) is 7.97. The summed E-state index contributed by atoms with van der Waals surface area (Å²) >= 11 is 0. The number of ether oxygens (including phenoxy) is 2. The molecule has 0 aromatic rings. The number of allylic oxidation sites excluding steroid dienone is 1. The van der Waals surface area contributed by atoms with Crippen LogP contribution in [0.4, 0.5) is 0 Å². The van der Waals surface area contributed by atoms with Gasteiger partial charge in [0, 0.05) is 19.7 Å². The van der Waals surface area contributed by atoms with Gasteiger partial charge in [-0.1, -0.05) is 12.2 Å². The van der Waals surface area contributed by atoms with Crippen LogP contribution in [0.3, 0.4) is 0 Å². The van der Waals surface area contributed by atoms with Crippen molar-refractivity contribution in [1.29, 1.82) is 0 Å². The number of hydrogen-bond donors (Lipinski definition) is 1. The third kappa shape index (κ3) is 5.37. The van der Waals surface area contributed by atoms with E-state index in [1.54, 1.807) is 0 Å². The van der Waals surface area contributed by atoms with Gasteiger partial charge in [0.1, 0.15) is 0 Å². The lowest BCUT2D eigenvalue weighted by Crippen LogP contribution is -2.29. The molecular formula is C11H21NO2. The van der Waals surface area contributed by atoms with Crippen LogP contribution in [0, 0.1) is 0 Å². The van der Waals surface area contributed by atoms with Gasteiger partial charge in [-0.25, -0.2) is 0 Å². The van der Waals surface area contributed by atoms with Gasteiger partial charge in [-0.2, -0.15) is 0 Å². The lowest BCUT2D eigenvalue weighted by molar-refractivity contribution is 0.105. The van der Waals surface area contributed by atoms with Crippen LogP contribution in [0.15, 0.2) is 12.2 Å². The second-order valence-electron chi connectivity index (χ2n) is 3.48. The topological polar surface area (TPSA) is 30.5 Å². The van der Waals surface area contributed by atoms with E-state index in [9.17, 15) is 0 Å². The van der Waals surface area contributed by atoms with Crippen LogP contribution >= 0.6 is 0 Å². The average molecular weight is 199 g/mol. The minimum atomic E-state index is 0.436. The highest BCUT2D eigenvalue weighted by molar-refractivity contribution is 4.75. The van der Waals surface area contributed by atoms with Crippen molar-refractivity contribution in [2.75, 3.05) is 32.9 Å². The molecule has 82 valence electrons. The van der Waals surface area contributed by atoms with Crippen molar-refractivity contribution in [2.24, 2.45) is 0 Å².